The molecule has 3 aromatic rings. The minimum Gasteiger partial charge on any atom is -0.456 e. The third-order valence-electron chi connectivity index (χ3n) is 5.16. The lowest BCUT2D eigenvalue weighted by Gasteiger charge is -2.20. The van der Waals surface area contributed by atoms with Crippen molar-refractivity contribution >= 4 is 23.0 Å². The van der Waals surface area contributed by atoms with Crippen molar-refractivity contribution in [2.24, 2.45) is 0 Å². The second kappa shape index (κ2) is 8.35. The van der Waals surface area contributed by atoms with Crippen molar-refractivity contribution in [2.75, 3.05) is 5.32 Å². The fourth-order valence-corrected chi connectivity index (χ4v) is 3.45. The predicted molar refractivity (Wildman–Crippen MR) is 130 cm³/mol. The summed E-state index contributed by atoms with van der Waals surface area (Å²) in [6.45, 7) is 15.3. The summed E-state index contributed by atoms with van der Waals surface area (Å²) >= 11 is 6.70. The van der Waals surface area contributed by atoms with E-state index in [-0.39, 0.29) is 10.8 Å². The van der Waals surface area contributed by atoms with Gasteiger partial charge in [0.05, 0.1) is 5.69 Å². The third-order valence-corrected chi connectivity index (χ3v) is 5.55. The Bertz CT molecular complexity index is 926. The SMILES string of the molecule is Cc1cc(Nc2ccc(C(C)(C)C)cc2)c(Cl)c(Oc2ccc(C(C)(C)C)cc2)c1. The number of benzene rings is 3. The Morgan fingerprint density at radius 1 is 0.733 bits per heavy atom. The first-order valence-corrected chi connectivity index (χ1v) is 10.8. The van der Waals surface area contributed by atoms with E-state index in [1.807, 2.05) is 31.2 Å². The number of anilines is 2. The third kappa shape index (κ3) is 5.37. The first kappa shape index (κ1) is 22.2. The molecule has 30 heavy (non-hydrogen) atoms. The number of nitrogens with one attached hydrogen (secondary N) is 1. The van der Waals surface area contributed by atoms with Gasteiger partial charge in [0, 0.05) is 5.69 Å². The molecule has 0 atom stereocenters. The lowest BCUT2D eigenvalue weighted by Crippen LogP contribution is -2.10. The minimum absolute atomic E-state index is 0.110. The van der Waals surface area contributed by atoms with Crippen LogP contribution in [0.1, 0.15) is 58.2 Å². The van der Waals surface area contributed by atoms with Crippen molar-refractivity contribution in [3.8, 4) is 11.5 Å². The normalized spacial score (nSPS) is 12.0. The summed E-state index contributed by atoms with van der Waals surface area (Å²) < 4.78 is 6.13. The summed E-state index contributed by atoms with van der Waals surface area (Å²) in [5.74, 6) is 1.42. The smallest absolute Gasteiger partial charge is 0.148 e. The van der Waals surface area contributed by atoms with Crippen LogP contribution in [-0.2, 0) is 10.8 Å². The van der Waals surface area contributed by atoms with Crippen molar-refractivity contribution in [1.29, 1.82) is 0 Å². The number of hydrogen-bond donors (Lipinski definition) is 1. The molecule has 2 nitrogen and oxygen atoms in total. The molecule has 3 rings (SSSR count). The molecule has 0 spiro atoms. The molecule has 0 aromatic heterocycles. The number of halogens is 1. The highest BCUT2D eigenvalue weighted by Crippen LogP contribution is 2.38. The molecule has 0 aliphatic heterocycles. The maximum absolute atomic E-state index is 6.70. The van der Waals surface area contributed by atoms with Crippen LogP contribution in [-0.4, -0.2) is 0 Å². The number of hydrogen-bond acceptors (Lipinski definition) is 2. The Kier molecular flexibility index (Phi) is 6.19. The van der Waals surface area contributed by atoms with E-state index in [0.717, 1.165) is 22.7 Å². The lowest BCUT2D eigenvalue weighted by atomic mass is 9.87. The van der Waals surface area contributed by atoms with Crippen LogP contribution in [0.3, 0.4) is 0 Å². The van der Waals surface area contributed by atoms with E-state index in [0.29, 0.717) is 10.8 Å². The van der Waals surface area contributed by atoms with Crippen LogP contribution in [0.15, 0.2) is 60.7 Å². The highest BCUT2D eigenvalue weighted by molar-refractivity contribution is 6.34. The zero-order chi connectivity index (χ0) is 22.1. The van der Waals surface area contributed by atoms with E-state index in [4.69, 9.17) is 16.3 Å². The van der Waals surface area contributed by atoms with Gasteiger partial charge in [-0.2, -0.15) is 0 Å². The van der Waals surface area contributed by atoms with Crippen LogP contribution in [0.25, 0.3) is 0 Å². The minimum atomic E-state index is 0.110. The summed E-state index contributed by atoms with van der Waals surface area (Å²) in [6, 6.07) is 20.7. The molecule has 0 aliphatic rings. The standard InChI is InChI=1S/C27H32ClNO/c1-18-16-23(29-21-12-8-19(9-13-21)26(2,3)4)25(28)24(17-18)30-22-14-10-20(11-15-22)27(5,6)7/h8-17,29H,1-7H3. The van der Waals surface area contributed by atoms with Crippen LogP contribution in [0, 0.1) is 6.92 Å². The van der Waals surface area contributed by atoms with Gasteiger partial charge in [-0.05, 0) is 70.8 Å². The topological polar surface area (TPSA) is 21.3 Å². The number of rotatable bonds is 4. The molecule has 1 N–H and O–H groups in total. The van der Waals surface area contributed by atoms with Crippen molar-refractivity contribution in [2.45, 2.75) is 59.3 Å². The van der Waals surface area contributed by atoms with Crippen LogP contribution in [0.4, 0.5) is 11.4 Å². The van der Waals surface area contributed by atoms with Crippen LogP contribution < -0.4 is 10.1 Å². The van der Waals surface area contributed by atoms with Crippen LogP contribution in [0.2, 0.25) is 5.02 Å². The summed E-state index contributed by atoms with van der Waals surface area (Å²) in [7, 11) is 0. The summed E-state index contributed by atoms with van der Waals surface area (Å²) in [4.78, 5) is 0. The molecule has 0 aliphatic carbocycles. The van der Waals surface area contributed by atoms with Gasteiger partial charge in [-0.25, -0.2) is 0 Å². The second-order valence-electron chi connectivity index (χ2n) is 9.95. The maximum atomic E-state index is 6.70. The molecular weight excluding hydrogens is 390 g/mol. The Hall–Kier alpha value is -2.45. The molecule has 0 saturated carbocycles. The maximum Gasteiger partial charge on any atom is 0.148 e. The zero-order valence-corrected chi connectivity index (χ0v) is 19.8. The molecule has 0 radical (unpaired) electrons. The monoisotopic (exact) mass is 421 g/mol. The van der Waals surface area contributed by atoms with Crippen molar-refractivity contribution in [3.63, 3.8) is 0 Å². The van der Waals surface area contributed by atoms with Gasteiger partial charge in [0.15, 0.2) is 0 Å². The van der Waals surface area contributed by atoms with Crippen molar-refractivity contribution in [1.82, 2.24) is 0 Å². The van der Waals surface area contributed by atoms with E-state index >= 15 is 0 Å². The molecule has 0 unspecified atom stereocenters. The molecule has 0 amide bonds. The molecule has 158 valence electrons. The molecule has 3 aromatic carbocycles. The lowest BCUT2D eigenvalue weighted by molar-refractivity contribution is 0.481. The molecule has 0 heterocycles. The molecule has 0 bridgehead atoms. The van der Waals surface area contributed by atoms with Gasteiger partial charge >= 0.3 is 0 Å². The van der Waals surface area contributed by atoms with Gasteiger partial charge in [0.25, 0.3) is 0 Å². The fraction of sp³-hybridized carbons (Fsp3) is 0.333. The second-order valence-corrected chi connectivity index (χ2v) is 10.3. The van der Waals surface area contributed by atoms with Crippen molar-refractivity contribution < 1.29 is 4.74 Å². The van der Waals surface area contributed by atoms with Gasteiger partial charge in [-0.3, -0.25) is 0 Å². The van der Waals surface area contributed by atoms with Crippen LogP contribution in [0.5, 0.6) is 11.5 Å². The fourth-order valence-electron chi connectivity index (χ4n) is 3.26. The van der Waals surface area contributed by atoms with Gasteiger partial charge < -0.3 is 10.1 Å². The van der Waals surface area contributed by atoms with E-state index in [9.17, 15) is 0 Å². The Balaban J connectivity index is 1.83. The highest BCUT2D eigenvalue weighted by atomic mass is 35.5. The van der Waals surface area contributed by atoms with Gasteiger partial charge in [0.1, 0.15) is 16.5 Å². The summed E-state index contributed by atoms with van der Waals surface area (Å²) in [6.07, 6.45) is 0. The Morgan fingerprint density at radius 2 is 1.23 bits per heavy atom. The van der Waals surface area contributed by atoms with E-state index in [2.05, 4.69) is 83.3 Å². The van der Waals surface area contributed by atoms with Gasteiger partial charge in [-0.1, -0.05) is 77.4 Å². The van der Waals surface area contributed by atoms with Crippen LogP contribution >= 0.6 is 11.6 Å². The highest BCUT2D eigenvalue weighted by Gasteiger charge is 2.15. The summed E-state index contributed by atoms with van der Waals surface area (Å²) in [5, 5.41) is 4.00. The zero-order valence-electron chi connectivity index (χ0n) is 19.1. The van der Waals surface area contributed by atoms with E-state index in [1.165, 1.54) is 11.1 Å². The first-order valence-electron chi connectivity index (χ1n) is 10.4. The molecule has 0 fully saturated rings. The molecule has 0 saturated heterocycles. The average molecular weight is 422 g/mol. The Labute approximate surface area is 186 Å². The number of aryl methyl sites for hydroxylation is 1. The van der Waals surface area contributed by atoms with E-state index < -0.39 is 0 Å². The van der Waals surface area contributed by atoms with E-state index in [1.54, 1.807) is 0 Å². The molecular formula is C27H32ClNO. The first-order chi connectivity index (χ1) is 13.9. The molecule has 3 heteroatoms. The Morgan fingerprint density at radius 3 is 1.73 bits per heavy atom. The summed E-state index contributed by atoms with van der Waals surface area (Å²) in [5.41, 5.74) is 5.71. The van der Waals surface area contributed by atoms with Crippen molar-refractivity contribution in [3.05, 3.63) is 82.4 Å². The van der Waals surface area contributed by atoms with Gasteiger partial charge in [-0.15, -0.1) is 0 Å². The number of ether oxygens (including phenoxy) is 1. The largest absolute Gasteiger partial charge is 0.456 e. The quantitative estimate of drug-likeness (QED) is 0.454. The van der Waals surface area contributed by atoms with Gasteiger partial charge in [0.2, 0.25) is 0 Å². The predicted octanol–water partition coefficient (Wildman–Crippen LogP) is 8.78. The average Bonchev–Trinajstić information content (AvgIpc) is 2.65.